The van der Waals surface area contributed by atoms with E-state index in [0.29, 0.717) is 5.56 Å². The molecule has 0 radical (unpaired) electrons. The zero-order chi connectivity index (χ0) is 21.3. The second-order valence-electron chi connectivity index (χ2n) is 6.65. The van der Waals surface area contributed by atoms with Gasteiger partial charge in [0.2, 0.25) is 0 Å². The van der Waals surface area contributed by atoms with Crippen LogP contribution in [0.1, 0.15) is 44.9 Å². The van der Waals surface area contributed by atoms with Gasteiger partial charge in [-0.3, -0.25) is 4.79 Å². The Morgan fingerprint density at radius 3 is 2.55 bits per heavy atom. The van der Waals surface area contributed by atoms with Gasteiger partial charge in [-0.1, -0.05) is 41.9 Å². The Bertz CT molecular complexity index is 977. The van der Waals surface area contributed by atoms with E-state index in [-0.39, 0.29) is 17.0 Å². The third-order valence-electron chi connectivity index (χ3n) is 4.66. The maximum atomic E-state index is 12.7. The molecule has 1 aliphatic rings. The number of amides is 1. The standard InChI is InChI=1S/C20H18ClNO7/c1-9-16(23)14-12(21)8-11(17(24)15(14)20(28)29-9)18(25)22-13(19(26)27)7-10-5-3-2-4-6-10/h2-6,8-9,13,16,23-24H,7H2,1H3,(H,22,25)(H,26,27)/t9-,13?,16+/m1/s1. The predicted octanol–water partition coefficient (Wildman–Crippen LogP) is 2.06. The number of halogens is 1. The number of cyclic esters (lactones) is 1. The van der Waals surface area contributed by atoms with Gasteiger partial charge >= 0.3 is 11.9 Å². The van der Waals surface area contributed by atoms with E-state index in [9.17, 15) is 29.7 Å². The third-order valence-corrected chi connectivity index (χ3v) is 4.97. The number of ether oxygens (including phenoxy) is 1. The van der Waals surface area contributed by atoms with Crippen LogP contribution in [0.15, 0.2) is 36.4 Å². The first-order valence-electron chi connectivity index (χ1n) is 8.72. The maximum absolute atomic E-state index is 12.7. The molecular formula is C20H18ClNO7. The summed E-state index contributed by atoms with van der Waals surface area (Å²) in [6.07, 6.45) is -2.14. The molecule has 1 amide bonds. The largest absolute Gasteiger partial charge is 0.506 e. The summed E-state index contributed by atoms with van der Waals surface area (Å²) in [4.78, 5) is 36.4. The molecule has 8 nitrogen and oxygen atoms in total. The number of phenols is 1. The molecule has 0 fully saturated rings. The Kier molecular flexibility index (Phi) is 5.76. The number of carbonyl (C=O) groups excluding carboxylic acids is 2. The van der Waals surface area contributed by atoms with Gasteiger partial charge in [-0.05, 0) is 18.6 Å². The van der Waals surface area contributed by atoms with Crippen molar-refractivity contribution in [1.29, 1.82) is 0 Å². The first kappa shape index (κ1) is 20.6. The number of phenolic OH excluding ortho intramolecular Hbond substituents is 1. The van der Waals surface area contributed by atoms with Crippen LogP contribution < -0.4 is 5.32 Å². The topological polar surface area (TPSA) is 133 Å². The summed E-state index contributed by atoms with van der Waals surface area (Å²) >= 11 is 6.14. The Hall–Kier alpha value is -3.10. The summed E-state index contributed by atoms with van der Waals surface area (Å²) < 4.78 is 4.96. The van der Waals surface area contributed by atoms with Gasteiger partial charge in [0.15, 0.2) is 0 Å². The molecule has 1 aliphatic heterocycles. The molecule has 3 atom stereocenters. The van der Waals surface area contributed by atoms with Crippen molar-refractivity contribution in [3.8, 4) is 5.75 Å². The van der Waals surface area contributed by atoms with Gasteiger partial charge in [0.25, 0.3) is 5.91 Å². The van der Waals surface area contributed by atoms with Gasteiger partial charge in [-0.2, -0.15) is 0 Å². The second-order valence-corrected chi connectivity index (χ2v) is 7.06. The zero-order valence-electron chi connectivity index (χ0n) is 15.3. The summed E-state index contributed by atoms with van der Waals surface area (Å²) in [5.74, 6) is -3.88. The average Bonchev–Trinajstić information content (AvgIpc) is 2.67. The van der Waals surface area contributed by atoms with Crippen molar-refractivity contribution in [1.82, 2.24) is 5.32 Å². The molecule has 3 rings (SSSR count). The monoisotopic (exact) mass is 419 g/mol. The first-order valence-corrected chi connectivity index (χ1v) is 9.10. The number of aliphatic hydroxyl groups is 1. The highest BCUT2D eigenvalue weighted by atomic mass is 35.5. The number of hydrogen-bond donors (Lipinski definition) is 4. The second kappa shape index (κ2) is 8.10. The molecule has 0 bridgehead atoms. The first-order chi connectivity index (χ1) is 13.7. The van der Waals surface area contributed by atoms with Gasteiger partial charge in [-0.15, -0.1) is 0 Å². The minimum absolute atomic E-state index is 0.0135. The number of benzene rings is 2. The van der Waals surface area contributed by atoms with Gasteiger partial charge in [0.1, 0.15) is 29.6 Å². The van der Waals surface area contributed by atoms with Gasteiger partial charge in [0.05, 0.1) is 5.56 Å². The number of fused-ring (bicyclic) bond motifs is 1. The quantitative estimate of drug-likeness (QED) is 0.545. The summed E-state index contributed by atoms with van der Waals surface area (Å²) in [6.45, 7) is 1.46. The van der Waals surface area contributed by atoms with E-state index in [1.54, 1.807) is 30.3 Å². The number of nitrogens with one attached hydrogen (secondary N) is 1. The van der Waals surface area contributed by atoms with Crippen LogP contribution in [0.3, 0.4) is 0 Å². The molecule has 4 N–H and O–H groups in total. The van der Waals surface area contributed by atoms with E-state index in [4.69, 9.17) is 16.3 Å². The summed E-state index contributed by atoms with van der Waals surface area (Å²) in [7, 11) is 0. The van der Waals surface area contributed by atoms with E-state index < -0.39 is 53.0 Å². The van der Waals surface area contributed by atoms with Crippen LogP contribution in [-0.2, 0) is 16.0 Å². The molecule has 2 aromatic carbocycles. The minimum Gasteiger partial charge on any atom is -0.506 e. The smallest absolute Gasteiger partial charge is 0.342 e. The van der Waals surface area contributed by atoms with Crippen molar-refractivity contribution in [3.05, 3.63) is 63.7 Å². The number of esters is 1. The van der Waals surface area contributed by atoms with E-state index >= 15 is 0 Å². The highest BCUT2D eigenvalue weighted by molar-refractivity contribution is 6.32. The van der Waals surface area contributed by atoms with Crippen molar-refractivity contribution < 1.29 is 34.4 Å². The molecule has 0 aromatic heterocycles. The molecule has 0 aliphatic carbocycles. The van der Waals surface area contributed by atoms with Crippen molar-refractivity contribution in [2.75, 3.05) is 0 Å². The van der Waals surface area contributed by atoms with Gasteiger partial charge in [0, 0.05) is 17.0 Å². The number of carbonyl (C=O) groups is 3. The van der Waals surface area contributed by atoms with E-state index in [1.807, 2.05) is 0 Å². The molecule has 0 saturated heterocycles. The van der Waals surface area contributed by atoms with Crippen molar-refractivity contribution in [3.63, 3.8) is 0 Å². The molecular weight excluding hydrogens is 402 g/mol. The lowest BCUT2D eigenvalue weighted by Crippen LogP contribution is -2.42. The maximum Gasteiger partial charge on any atom is 0.342 e. The van der Waals surface area contributed by atoms with Crippen molar-refractivity contribution in [2.24, 2.45) is 0 Å². The zero-order valence-corrected chi connectivity index (χ0v) is 16.0. The van der Waals surface area contributed by atoms with Gasteiger partial charge < -0.3 is 25.4 Å². The predicted molar refractivity (Wildman–Crippen MR) is 102 cm³/mol. The fourth-order valence-corrected chi connectivity index (χ4v) is 3.45. The van der Waals surface area contributed by atoms with Crippen LogP contribution in [0.25, 0.3) is 0 Å². The van der Waals surface area contributed by atoms with Crippen LogP contribution in [0.2, 0.25) is 5.02 Å². The van der Waals surface area contributed by atoms with E-state index in [2.05, 4.69) is 5.32 Å². The van der Waals surface area contributed by atoms with E-state index in [0.717, 1.165) is 6.07 Å². The molecule has 9 heteroatoms. The molecule has 1 heterocycles. The molecule has 2 aromatic rings. The number of hydrogen-bond acceptors (Lipinski definition) is 6. The van der Waals surface area contributed by atoms with Crippen LogP contribution in [0.4, 0.5) is 0 Å². The summed E-state index contributed by atoms with van der Waals surface area (Å²) in [5, 5.41) is 32.3. The molecule has 29 heavy (non-hydrogen) atoms. The number of carboxylic acids is 1. The van der Waals surface area contributed by atoms with Crippen molar-refractivity contribution in [2.45, 2.75) is 31.6 Å². The number of aliphatic carboxylic acids is 1. The lowest BCUT2D eigenvalue weighted by atomic mass is 9.93. The lowest BCUT2D eigenvalue weighted by molar-refractivity contribution is -0.139. The minimum atomic E-state index is -1.28. The highest BCUT2D eigenvalue weighted by Crippen LogP contribution is 2.41. The molecule has 1 unspecified atom stereocenters. The molecule has 0 saturated carbocycles. The number of carboxylic acid groups (broad SMARTS) is 1. The summed E-state index contributed by atoms with van der Waals surface area (Å²) in [6, 6.07) is 8.49. The number of rotatable bonds is 5. The fourth-order valence-electron chi connectivity index (χ4n) is 3.14. The Labute approximate surface area is 170 Å². The van der Waals surface area contributed by atoms with E-state index in [1.165, 1.54) is 6.92 Å². The SMILES string of the molecule is C[C@H]1OC(=O)c2c(O)c(C(=O)NC(Cc3ccccc3)C(=O)O)cc(Cl)c2[C@H]1O. The van der Waals surface area contributed by atoms with Crippen LogP contribution >= 0.6 is 11.6 Å². The van der Waals surface area contributed by atoms with Gasteiger partial charge in [-0.25, -0.2) is 9.59 Å². The Morgan fingerprint density at radius 1 is 1.28 bits per heavy atom. The van der Waals surface area contributed by atoms with Crippen LogP contribution in [-0.4, -0.2) is 45.3 Å². The number of aromatic hydroxyl groups is 1. The molecule has 0 spiro atoms. The highest BCUT2D eigenvalue weighted by Gasteiger charge is 2.38. The van der Waals surface area contributed by atoms with Crippen LogP contribution in [0.5, 0.6) is 5.75 Å². The lowest BCUT2D eigenvalue weighted by Gasteiger charge is -2.29. The Morgan fingerprint density at radius 2 is 1.93 bits per heavy atom. The average molecular weight is 420 g/mol. The third kappa shape index (κ3) is 4.03. The van der Waals surface area contributed by atoms with Crippen LogP contribution in [0, 0.1) is 0 Å². The number of aliphatic hydroxyl groups excluding tert-OH is 1. The van der Waals surface area contributed by atoms with Crippen molar-refractivity contribution >= 4 is 29.4 Å². The Balaban J connectivity index is 1.93. The summed E-state index contributed by atoms with van der Waals surface area (Å²) in [5.41, 5.74) is -0.160. The normalized spacial score (nSPS) is 19.1. The molecule has 152 valence electrons. The fraction of sp³-hybridized carbons (Fsp3) is 0.250.